The molecule has 0 radical (unpaired) electrons. The summed E-state index contributed by atoms with van der Waals surface area (Å²) in [7, 11) is 0. The van der Waals surface area contributed by atoms with Gasteiger partial charge in [-0.3, -0.25) is 4.79 Å². The molecule has 2 aromatic rings. The van der Waals surface area contributed by atoms with E-state index in [0.717, 1.165) is 30.0 Å². The van der Waals surface area contributed by atoms with Crippen molar-refractivity contribution in [2.75, 3.05) is 24.5 Å². The number of thiophene rings is 1. The molecule has 3 rings (SSSR count). The van der Waals surface area contributed by atoms with Gasteiger partial charge in [-0.15, -0.1) is 11.3 Å². The summed E-state index contributed by atoms with van der Waals surface area (Å²) in [4.78, 5) is 23.3. The first kappa shape index (κ1) is 16.9. The molecule has 6 nitrogen and oxygen atoms in total. The predicted molar refractivity (Wildman–Crippen MR) is 94.6 cm³/mol. The van der Waals surface area contributed by atoms with Crippen molar-refractivity contribution in [3.8, 4) is 0 Å². The molecule has 0 aromatic carbocycles. The second kappa shape index (κ2) is 6.86. The SMILES string of the molecule is Cc1csc(C(=O)NC[C@]2(O)CCCN(c3cc(C)ncn3)C2)c1. The fourth-order valence-corrected chi connectivity index (χ4v) is 3.76. The van der Waals surface area contributed by atoms with Crippen molar-refractivity contribution in [2.45, 2.75) is 32.3 Å². The molecular weight excluding hydrogens is 324 g/mol. The molecule has 2 N–H and O–H groups in total. The Morgan fingerprint density at radius 2 is 2.25 bits per heavy atom. The smallest absolute Gasteiger partial charge is 0.261 e. The van der Waals surface area contributed by atoms with Crippen LogP contribution >= 0.6 is 11.3 Å². The van der Waals surface area contributed by atoms with Gasteiger partial charge in [0.2, 0.25) is 0 Å². The summed E-state index contributed by atoms with van der Waals surface area (Å²) in [6, 6.07) is 3.78. The minimum absolute atomic E-state index is 0.128. The quantitative estimate of drug-likeness (QED) is 0.884. The molecule has 128 valence electrons. The molecule has 3 heterocycles. The number of hydrogen-bond acceptors (Lipinski definition) is 6. The number of anilines is 1. The highest BCUT2D eigenvalue weighted by molar-refractivity contribution is 7.12. The minimum atomic E-state index is -0.945. The van der Waals surface area contributed by atoms with Crippen LogP contribution in [0.25, 0.3) is 0 Å². The normalized spacial score (nSPS) is 20.9. The number of nitrogens with one attached hydrogen (secondary N) is 1. The van der Waals surface area contributed by atoms with Crippen LogP contribution < -0.4 is 10.2 Å². The zero-order chi connectivity index (χ0) is 17.2. The van der Waals surface area contributed by atoms with Crippen molar-refractivity contribution in [1.82, 2.24) is 15.3 Å². The van der Waals surface area contributed by atoms with Crippen LogP contribution in [0.4, 0.5) is 5.82 Å². The molecule has 0 spiro atoms. The van der Waals surface area contributed by atoms with Gasteiger partial charge in [0.25, 0.3) is 5.91 Å². The van der Waals surface area contributed by atoms with Crippen molar-refractivity contribution in [2.24, 2.45) is 0 Å². The van der Waals surface area contributed by atoms with E-state index in [1.165, 1.54) is 11.3 Å². The molecule has 1 aliphatic rings. The molecular formula is C17H22N4O2S. The molecule has 0 unspecified atom stereocenters. The number of carbonyl (C=O) groups excluding carboxylic acids is 1. The molecule has 1 fully saturated rings. The van der Waals surface area contributed by atoms with Crippen LogP contribution in [0.3, 0.4) is 0 Å². The van der Waals surface area contributed by atoms with Crippen LogP contribution in [0.2, 0.25) is 0 Å². The summed E-state index contributed by atoms with van der Waals surface area (Å²) in [6.07, 6.45) is 3.06. The van der Waals surface area contributed by atoms with Gasteiger partial charge in [-0.25, -0.2) is 9.97 Å². The van der Waals surface area contributed by atoms with E-state index in [4.69, 9.17) is 0 Å². The van der Waals surface area contributed by atoms with E-state index in [-0.39, 0.29) is 12.5 Å². The largest absolute Gasteiger partial charge is 0.386 e. The van der Waals surface area contributed by atoms with Crippen molar-refractivity contribution in [3.05, 3.63) is 40.0 Å². The summed E-state index contributed by atoms with van der Waals surface area (Å²) < 4.78 is 0. The number of aromatic nitrogens is 2. The lowest BCUT2D eigenvalue weighted by molar-refractivity contribution is 0.0255. The third-order valence-electron chi connectivity index (χ3n) is 4.20. The fraction of sp³-hybridized carbons (Fsp3) is 0.471. The van der Waals surface area contributed by atoms with Crippen LogP contribution in [0.15, 0.2) is 23.8 Å². The van der Waals surface area contributed by atoms with E-state index in [1.807, 2.05) is 31.4 Å². The first-order chi connectivity index (χ1) is 11.5. The lowest BCUT2D eigenvalue weighted by Gasteiger charge is -2.39. The first-order valence-corrected chi connectivity index (χ1v) is 8.92. The van der Waals surface area contributed by atoms with Crippen LogP contribution in [0, 0.1) is 13.8 Å². The second-order valence-corrected chi connectivity index (χ2v) is 7.35. The second-order valence-electron chi connectivity index (χ2n) is 6.44. The number of aliphatic hydroxyl groups is 1. The number of hydrogen-bond donors (Lipinski definition) is 2. The number of rotatable bonds is 4. The van der Waals surface area contributed by atoms with Gasteiger partial charge in [0.05, 0.1) is 10.5 Å². The lowest BCUT2D eigenvalue weighted by atomic mass is 9.92. The van der Waals surface area contributed by atoms with Crippen LogP contribution in [0.1, 0.15) is 33.8 Å². The van der Waals surface area contributed by atoms with Crippen molar-refractivity contribution in [1.29, 1.82) is 0 Å². The topological polar surface area (TPSA) is 78.4 Å². The number of nitrogens with zero attached hydrogens (tertiary/aromatic N) is 3. The average Bonchev–Trinajstić information content (AvgIpc) is 2.99. The van der Waals surface area contributed by atoms with E-state index in [0.29, 0.717) is 17.8 Å². The molecule has 1 amide bonds. The maximum absolute atomic E-state index is 12.2. The molecule has 7 heteroatoms. The highest BCUT2D eigenvalue weighted by atomic mass is 32.1. The summed E-state index contributed by atoms with van der Waals surface area (Å²) >= 11 is 1.42. The molecule has 1 aliphatic heterocycles. The Hall–Kier alpha value is -1.99. The maximum atomic E-state index is 12.2. The number of carbonyl (C=O) groups is 1. The Morgan fingerprint density at radius 1 is 1.42 bits per heavy atom. The fourth-order valence-electron chi connectivity index (χ4n) is 2.95. The minimum Gasteiger partial charge on any atom is -0.386 e. The Balaban J connectivity index is 1.63. The molecule has 0 saturated carbocycles. The molecule has 0 aliphatic carbocycles. The van der Waals surface area contributed by atoms with E-state index < -0.39 is 5.60 Å². The summed E-state index contributed by atoms with van der Waals surface area (Å²) in [5.41, 5.74) is 1.03. The van der Waals surface area contributed by atoms with Gasteiger partial charge in [0.1, 0.15) is 12.1 Å². The summed E-state index contributed by atoms with van der Waals surface area (Å²) in [5, 5.41) is 15.7. The molecule has 2 aromatic heterocycles. The summed E-state index contributed by atoms with van der Waals surface area (Å²) in [5.74, 6) is 0.692. The van der Waals surface area contributed by atoms with Crippen LogP contribution in [-0.4, -0.2) is 46.2 Å². The Morgan fingerprint density at radius 3 is 2.96 bits per heavy atom. The zero-order valence-electron chi connectivity index (χ0n) is 14.0. The van der Waals surface area contributed by atoms with E-state index in [2.05, 4.69) is 20.2 Å². The highest BCUT2D eigenvalue weighted by Crippen LogP contribution is 2.25. The van der Waals surface area contributed by atoms with E-state index >= 15 is 0 Å². The highest BCUT2D eigenvalue weighted by Gasteiger charge is 2.34. The predicted octanol–water partition coefficient (Wildman–Crippen LogP) is 1.92. The number of amides is 1. The van der Waals surface area contributed by atoms with Gasteiger partial charge in [0.15, 0.2) is 0 Å². The Labute approximate surface area is 145 Å². The number of β-amino-alcohol motifs (C(OH)–C–C–N with tert-alkyl or cyclic N) is 1. The van der Waals surface area contributed by atoms with Crippen molar-refractivity contribution >= 4 is 23.1 Å². The third kappa shape index (κ3) is 3.91. The number of aryl methyl sites for hydroxylation is 2. The van der Waals surface area contributed by atoms with Gasteiger partial charge >= 0.3 is 0 Å². The van der Waals surface area contributed by atoms with Gasteiger partial charge in [-0.2, -0.15) is 0 Å². The summed E-state index contributed by atoms with van der Waals surface area (Å²) in [6.45, 7) is 5.42. The lowest BCUT2D eigenvalue weighted by Crippen LogP contribution is -2.54. The third-order valence-corrected chi connectivity index (χ3v) is 5.25. The molecule has 1 atom stereocenters. The average molecular weight is 346 g/mol. The number of piperidine rings is 1. The van der Waals surface area contributed by atoms with Crippen molar-refractivity contribution in [3.63, 3.8) is 0 Å². The van der Waals surface area contributed by atoms with E-state index in [1.54, 1.807) is 6.33 Å². The molecule has 1 saturated heterocycles. The molecule has 24 heavy (non-hydrogen) atoms. The zero-order valence-corrected chi connectivity index (χ0v) is 14.8. The van der Waals surface area contributed by atoms with Gasteiger partial charge < -0.3 is 15.3 Å². The Bertz CT molecular complexity index is 733. The Kier molecular flexibility index (Phi) is 4.82. The maximum Gasteiger partial charge on any atom is 0.261 e. The van der Waals surface area contributed by atoms with E-state index in [9.17, 15) is 9.90 Å². The van der Waals surface area contributed by atoms with Gasteiger partial charge in [-0.05, 0) is 43.7 Å². The van der Waals surface area contributed by atoms with Gasteiger partial charge in [0, 0.05) is 31.4 Å². The first-order valence-electron chi connectivity index (χ1n) is 8.04. The standard InChI is InChI=1S/C17H22N4O2S/c1-12-6-14(24-8-12)16(22)18-9-17(23)4-3-5-21(10-17)15-7-13(2)19-11-20-15/h6-8,11,23H,3-5,9-10H2,1-2H3,(H,18,22)/t17-/m1/s1. The van der Waals surface area contributed by atoms with Gasteiger partial charge in [-0.1, -0.05) is 0 Å². The monoisotopic (exact) mass is 346 g/mol. The van der Waals surface area contributed by atoms with Crippen LogP contribution in [-0.2, 0) is 0 Å². The molecule has 0 bridgehead atoms. The van der Waals surface area contributed by atoms with Crippen molar-refractivity contribution < 1.29 is 9.90 Å². The van der Waals surface area contributed by atoms with Crippen LogP contribution in [0.5, 0.6) is 0 Å².